The Morgan fingerprint density at radius 2 is 1.97 bits per heavy atom. The first kappa shape index (κ1) is 27.1. The number of piperazine rings is 1. The van der Waals surface area contributed by atoms with Crippen molar-refractivity contribution in [3.8, 4) is 16.9 Å². The molecule has 1 fully saturated rings. The third-order valence-electron chi connectivity index (χ3n) is 6.92. The molecule has 4 N–H and O–H groups in total. The van der Waals surface area contributed by atoms with Gasteiger partial charge < -0.3 is 25.8 Å². The molecule has 1 amide bonds. The zero-order chi connectivity index (χ0) is 25.6. The van der Waals surface area contributed by atoms with E-state index in [0.29, 0.717) is 37.3 Å². The molecule has 3 aromatic carbocycles. The van der Waals surface area contributed by atoms with Gasteiger partial charge in [-0.05, 0) is 36.2 Å². The van der Waals surface area contributed by atoms with Crippen molar-refractivity contribution in [1.82, 2.24) is 5.32 Å². The van der Waals surface area contributed by atoms with E-state index < -0.39 is 29.2 Å². The smallest absolute Gasteiger partial charge is 0.249 e. The lowest BCUT2D eigenvalue weighted by Gasteiger charge is -2.45. The molecule has 2 aliphatic heterocycles. The third kappa shape index (κ3) is 4.52. The fraction of sp³-hybridized carbons (Fsp3) is 0.296. The molecule has 0 bridgehead atoms. The molecule has 0 spiro atoms. The van der Waals surface area contributed by atoms with Crippen molar-refractivity contribution in [1.29, 1.82) is 0 Å². The van der Waals surface area contributed by atoms with Gasteiger partial charge in [-0.25, -0.2) is 8.78 Å². The maximum atomic E-state index is 16.0. The van der Waals surface area contributed by atoms with Crippen molar-refractivity contribution < 1.29 is 23.4 Å². The maximum Gasteiger partial charge on any atom is 0.249 e. The van der Waals surface area contributed by atoms with Crippen LogP contribution in [0.1, 0.15) is 28.4 Å². The van der Waals surface area contributed by atoms with Crippen molar-refractivity contribution >= 4 is 35.6 Å². The minimum absolute atomic E-state index is 0. The summed E-state index contributed by atoms with van der Waals surface area (Å²) in [7, 11) is 0. The fourth-order valence-corrected chi connectivity index (χ4v) is 5.63. The van der Waals surface area contributed by atoms with E-state index in [1.165, 1.54) is 25.1 Å². The van der Waals surface area contributed by atoms with Gasteiger partial charge in [0.2, 0.25) is 5.91 Å². The molecule has 0 radical (unpaired) electrons. The van der Waals surface area contributed by atoms with Gasteiger partial charge in [-0.15, -0.1) is 12.4 Å². The van der Waals surface area contributed by atoms with Crippen LogP contribution in [0.5, 0.6) is 5.75 Å². The molecule has 6 nitrogen and oxygen atoms in total. The number of nitrogens with two attached hydrogens (primary N) is 1. The second-order valence-electron chi connectivity index (χ2n) is 9.27. The van der Waals surface area contributed by atoms with Crippen molar-refractivity contribution in [3.63, 3.8) is 0 Å². The Kier molecular flexibility index (Phi) is 7.67. The molecule has 10 heteroatoms. The van der Waals surface area contributed by atoms with E-state index in [1.807, 2.05) is 30.3 Å². The number of aliphatic hydroxyl groups is 1. The summed E-state index contributed by atoms with van der Waals surface area (Å²) < 4.78 is 36.8. The Hall–Kier alpha value is -2.91. The summed E-state index contributed by atoms with van der Waals surface area (Å²) in [4.78, 5) is 14.5. The summed E-state index contributed by atoms with van der Waals surface area (Å²) in [5.74, 6) is -2.69. The number of benzene rings is 3. The number of amides is 1. The number of halogens is 4. The highest BCUT2D eigenvalue weighted by atomic mass is 35.5. The van der Waals surface area contributed by atoms with Gasteiger partial charge in [0.25, 0.3) is 0 Å². The first-order valence-corrected chi connectivity index (χ1v) is 12.1. The first-order valence-electron chi connectivity index (χ1n) is 11.7. The Labute approximate surface area is 224 Å². The lowest BCUT2D eigenvalue weighted by atomic mass is 9.83. The van der Waals surface area contributed by atoms with E-state index in [1.54, 1.807) is 0 Å². The molecular formula is C27H27Cl2F2N3O3. The van der Waals surface area contributed by atoms with Gasteiger partial charge in [0.1, 0.15) is 12.4 Å². The van der Waals surface area contributed by atoms with Gasteiger partial charge in [0, 0.05) is 42.9 Å². The first-order chi connectivity index (χ1) is 17.2. The number of carbonyl (C=O) groups is 1. The molecule has 2 aliphatic rings. The van der Waals surface area contributed by atoms with Crippen molar-refractivity contribution in [2.24, 2.45) is 5.73 Å². The summed E-state index contributed by atoms with van der Waals surface area (Å²) >= 11 is 6.52. The number of rotatable bonds is 6. The van der Waals surface area contributed by atoms with Crippen molar-refractivity contribution in [3.05, 3.63) is 81.9 Å². The van der Waals surface area contributed by atoms with Crippen LogP contribution in [-0.4, -0.2) is 43.4 Å². The molecule has 37 heavy (non-hydrogen) atoms. The SMILES string of the molecule is C[C@H](O)COc1ccc(C(N)=O)c(-c2c(Cl)c(F)cc3c2C[C@]2(c4ccccc4)CNCCN32)c1F.Cl. The van der Waals surface area contributed by atoms with E-state index in [4.69, 9.17) is 22.1 Å². The summed E-state index contributed by atoms with van der Waals surface area (Å²) in [6.45, 7) is 3.22. The lowest BCUT2D eigenvalue weighted by molar-refractivity contribution is 0.0999. The van der Waals surface area contributed by atoms with E-state index in [2.05, 4.69) is 10.2 Å². The van der Waals surface area contributed by atoms with Crippen LogP contribution in [-0.2, 0) is 12.0 Å². The van der Waals surface area contributed by atoms with Crippen LogP contribution < -0.4 is 20.7 Å². The lowest BCUT2D eigenvalue weighted by Crippen LogP contribution is -2.57. The predicted octanol–water partition coefficient (Wildman–Crippen LogP) is 4.43. The largest absolute Gasteiger partial charge is 0.488 e. The standard InChI is InChI=1S/C27H26ClF2N3O3.ClH/c1-15(34)13-36-21-8-7-17(26(31)35)23(25(21)30)22-18-12-27(16-5-3-2-4-6-16)14-32-9-10-33(27)20(18)11-19(29)24(22)28;/h2-8,11,15,32,34H,9-10,12-14H2,1H3,(H2,31,35);1H/t15-,27+;/m0./s1. The van der Waals surface area contributed by atoms with E-state index in [0.717, 1.165) is 5.56 Å². The normalized spacial score (nSPS) is 19.0. The molecule has 2 atom stereocenters. The number of nitrogens with zero attached hydrogens (tertiary/aromatic N) is 1. The average molecular weight is 550 g/mol. The van der Waals surface area contributed by atoms with Crippen LogP contribution in [0, 0.1) is 11.6 Å². The number of primary amides is 1. The van der Waals surface area contributed by atoms with Gasteiger partial charge >= 0.3 is 0 Å². The van der Waals surface area contributed by atoms with E-state index in [9.17, 15) is 9.90 Å². The number of hydrogen-bond acceptors (Lipinski definition) is 5. The molecule has 0 unspecified atom stereocenters. The Morgan fingerprint density at radius 3 is 2.65 bits per heavy atom. The Balaban J connectivity index is 0.00000320. The zero-order valence-corrected chi connectivity index (χ0v) is 21.6. The Morgan fingerprint density at radius 1 is 1.24 bits per heavy atom. The molecule has 5 rings (SSSR count). The summed E-state index contributed by atoms with van der Waals surface area (Å²) in [5, 5.41) is 12.7. The number of hydrogen-bond donors (Lipinski definition) is 3. The molecule has 196 valence electrons. The number of fused-ring (bicyclic) bond motifs is 3. The number of anilines is 1. The highest BCUT2D eigenvalue weighted by Gasteiger charge is 2.48. The number of aliphatic hydroxyl groups excluding tert-OH is 1. The van der Waals surface area contributed by atoms with Crippen LogP contribution in [0.4, 0.5) is 14.5 Å². The second kappa shape index (κ2) is 10.5. The predicted molar refractivity (Wildman–Crippen MR) is 142 cm³/mol. The van der Waals surface area contributed by atoms with Gasteiger partial charge in [0.15, 0.2) is 11.6 Å². The van der Waals surface area contributed by atoms with Crippen LogP contribution >= 0.6 is 24.0 Å². The van der Waals surface area contributed by atoms with Crippen LogP contribution in [0.25, 0.3) is 11.1 Å². The van der Waals surface area contributed by atoms with Gasteiger partial charge in [-0.3, -0.25) is 4.79 Å². The minimum Gasteiger partial charge on any atom is -0.488 e. The number of nitrogens with one attached hydrogen (secondary N) is 1. The average Bonchev–Trinajstić information content (AvgIpc) is 3.19. The topological polar surface area (TPSA) is 87.8 Å². The number of ether oxygens (including phenoxy) is 1. The minimum atomic E-state index is -0.890. The number of carbonyl (C=O) groups excluding carboxylic acids is 1. The molecular weight excluding hydrogens is 523 g/mol. The van der Waals surface area contributed by atoms with E-state index >= 15 is 8.78 Å². The second-order valence-corrected chi connectivity index (χ2v) is 9.65. The monoisotopic (exact) mass is 549 g/mol. The highest BCUT2D eigenvalue weighted by molar-refractivity contribution is 6.34. The van der Waals surface area contributed by atoms with Gasteiger partial charge in [0.05, 0.1) is 22.2 Å². The maximum absolute atomic E-state index is 16.0. The third-order valence-corrected chi connectivity index (χ3v) is 7.29. The molecule has 0 saturated carbocycles. The molecule has 0 aliphatic carbocycles. The molecule has 0 aromatic heterocycles. The van der Waals surface area contributed by atoms with Crippen molar-refractivity contribution in [2.75, 3.05) is 31.1 Å². The molecule has 3 aromatic rings. The van der Waals surface area contributed by atoms with Crippen LogP contribution in [0.15, 0.2) is 48.5 Å². The summed E-state index contributed by atoms with van der Waals surface area (Å²) in [6.07, 6.45) is -0.440. The zero-order valence-electron chi connectivity index (χ0n) is 20.1. The quantitative estimate of drug-likeness (QED) is 0.423. The van der Waals surface area contributed by atoms with Crippen LogP contribution in [0.3, 0.4) is 0 Å². The van der Waals surface area contributed by atoms with Crippen molar-refractivity contribution in [2.45, 2.75) is 25.0 Å². The Bertz CT molecular complexity index is 1340. The van der Waals surface area contributed by atoms with Crippen LogP contribution in [0.2, 0.25) is 5.02 Å². The molecule has 1 saturated heterocycles. The van der Waals surface area contributed by atoms with Gasteiger partial charge in [-0.1, -0.05) is 41.9 Å². The van der Waals surface area contributed by atoms with E-state index in [-0.39, 0.29) is 46.5 Å². The highest BCUT2D eigenvalue weighted by Crippen LogP contribution is 2.52. The summed E-state index contributed by atoms with van der Waals surface area (Å²) in [6, 6.07) is 13.8. The summed E-state index contributed by atoms with van der Waals surface area (Å²) in [5.41, 5.74) is 7.07. The molecule has 2 heterocycles. The van der Waals surface area contributed by atoms with Gasteiger partial charge in [-0.2, -0.15) is 0 Å². The fourth-order valence-electron chi connectivity index (χ4n) is 5.36.